The van der Waals surface area contributed by atoms with Crippen molar-refractivity contribution in [3.8, 4) is 0 Å². The second kappa shape index (κ2) is 8.37. The molecular weight excluding hydrogens is 212 g/mol. The average Bonchev–Trinajstić information content (AvgIpc) is 2.09. The number of halogens is 1. The molecule has 0 aliphatic carbocycles. The number of ether oxygens (including phenoxy) is 2. The van der Waals surface area contributed by atoms with E-state index < -0.39 is 0 Å². The van der Waals surface area contributed by atoms with Crippen LogP contribution in [0.3, 0.4) is 0 Å². The number of hydrogen-bond acceptors (Lipinski definition) is 2. The van der Waals surface area contributed by atoms with Crippen molar-refractivity contribution in [2.45, 2.75) is 46.1 Å². The molecule has 1 unspecified atom stereocenters. The molecule has 3 heteroatoms. The highest BCUT2D eigenvalue weighted by molar-refractivity contribution is 6.17. The maximum Gasteiger partial charge on any atom is 0.0707 e. The van der Waals surface area contributed by atoms with E-state index in [1.807, 2.05) is 0 Å². The van der Waals surface area contributed by atoms with Crippen LogP contribution in [0.5, 0.6) is 0 Å². The van der Waals surface area contributed by atoms with Crippen molar-refractivity contribution in [1.82, 2.24) is 0 Å². The van der Waals surface area contributed by atoms with Crippen molar-refractivity contribution in [2.75, 3.05) is 25.7 Å². The summed E-state index contributed by atoms with van der Waals surface area (Å²) >= 11 is 5.65. The molecule has 0 aromatic heterocycles. The van der Waals surface area contributed by atoms with Crippen LogP contribution in [0.2, 0.25) is 0 Å². The van der Waals surface area contributed by atoms with Gasteiger partial charge in [-0.25, -0.2) is 0 Å². The summed E-state index contributed by atoms with van der Waals surface area (Å²) in [5, 5.41) is 0. The Balaban J connectivity index is 3.18. The van der Waals surface area contributed by atoms with Gasteiger partial charge in [-0.1, -0.05) is 6.92 Å². The standard InChI is InChI=1S/C12H25ClO2/c1-11(5-7-13)6-8-14-9-10-15-12(2,3)4/h11H,5-10H2,1-4H3. The van der Waals surface area contributed by atoms with Crippen molar-refractivity contribution in [3.63, 3.8) is 0 Å². The minimum atomic E-state index is -0.0602. The first kappa shape index (κ1) is 15.2. The van der Waals surface area contributed by atoms with E-state index in [1.165, 1.54) is 0 Å². The average molecular weight is 237 g/mol. The lowest BCUT2D eigenvalue weighted by Gasteiger charge is -2.19. The SMILES string of the molecule is CC(CCCl)CCOCCOC(C)(C)C. The number of rotatable bonds is 8. The molecule has 2 nitrogen and oxygen atoms in total. The fraction of sp³-hybridized carbons (Fsp3) is 1.00. The molecule has 0 amide bonds. The van der Waals surface area contributed by atoms with Crippen LogP contribution in [0.1, 0.15) is 40.5 Å². The summed E-state index contributed by atoms with van der Waals surface area (Å²) in [4.78, 5) is 0. The van der Waals surface area contributed by atoms with E-state index >= 15 is 0 Å². The summed E-state index contributed by atoms with van der Waals surface area (Å²) < 4.78 is 11.0. The summed E-state index contributed by atoms with van der Waals surface area (Å²) in [5.74, 6) is 1.40. The van der Waals surface area contributed by atoms with Crippen molar-refractivity contribution in [1.29, 1.82) is 0 Å². The first-order valence-electron chi connectivity index (χ1n) is 5.73. The summed E-state index contributed by atoms with van der Waals surface area (Å²) in [7, 11) is 0. The van der Waals surface area contributed by atoms with E-state index in [1.54, 1.807) is 0 Å². The monoisotopic (exact) mass is 236 g/mol. The zero-order valence-corrected chi connectivity index (χ0v) is 11.3. The van der Waals surface area contributed by atoms with Crippen molar-refractivity contribution in [2.24, 2.45) is 5.92 Å². The van der Waals surface area contributed by atoms with Crippen LogP contribution < -0.4 is 0 Å². The molecule has 1 atom stereocenters. The van der Waals surface area contributed by atoms with Crippen molar-refractivity contribution >= 4 is 11.6 Å². The Hall–Kier alpha value is 0.210. The van der Waals surface area contributed by atoms with Gasteiger partial charge >= 0.3 is 0 Å². The van der Waals surface area contributed by atoms with Crippen LogP contribution >= 0.6 is 11.6 Å². The summed E-state index contributed by atoms with van der Waals surface area (Å²) in [6.07, 6.45) is 2.16. The van der Waals surface area contributed by atoms with Gasteiger partial charge in [-0.3, -0.25) is 0 Å². The zero-order valence-electron chi connectivity index (χ0n) is 10.5. The fourth-order valence-electron chi connectivity index (χ4n) is 1.12. The molecule has 0 bridgehead atoms. The Labute approximate surface area is 99.3 Å². The van der Waals surface area contributed by atoms with Crippen LogP contribution in [0, 0.1) is 5.92 Å². The highest BCUT2D eigenvalue weighted by Crippen LogP contribution is 2.08. The molecule has 0 aliphatic rings. The summed E-state index contributed by atoms with van der Waals surface area (Å²) in [6, 6.07) is 0. The van der Waals surface area contributed by atoms with Crippen molar-refractivity contribution in [3.05, 3.63) is 0 Å². The molecule has 0 heterocycles. The van der Waals surface area contributed by atoms with E-state index in [-0.39, 0.29) is 5.60 Å². The van der Waals surface area contributed by atoms with Gasteiger partial charge in [0.25, 0.3) is 0 Å². The third-order valence-corrected chi connectivity index (χ3v) is 2.34. The smallest absolute Gasteiger partial charge is 0.0707 e. The van der Waals surface area contributed by atoms with Gasteiger partial charge in [0.2, 0.25) is 0 Å². The van der Waals surface area contributed by atoms with Gasteiger partial charge in [0.1, 0.15) is 0 Å². The highest BCUT2D eigenvalue weighted by atomic mass is 35.5. The minimum Gasteiger partial charge on any atom is -0.379 e. The highest BCUT2D eigenvalue weighted by Gasteiger charge is 2.09. The molecule has 15 heavy (non-hydrogen) atoms. The zero-order chi connectivity index (χ0) is 11.7. The minimum absolute atomic E-state index is 0.0602. The van der Waals surface area contributed by atoms with Crippen LogP contribution in [-0.4, -0.2) is 31.3 Å². The van der Waals surface area contributed by atoms with Crippen molar-refractivity contribution < 1.29 is 9.47 Å². The normalized spacial score (nSPS) is 14.2. The van der Waals surface area contributed by atoms with Gasteiger partial charge in [-0.05, 0) is 39.5 Å². The van der Waals surface area contributed by atoms with E-state index in [9.17, 15) is 0 Å². The Morgan fingerprint density at radius 1 is 1.07 bits per heavy atom. The second-order valence-electron chi connectivity index (χ2n) is 4.94. The van der Waals surface area contributed by atoms with Gasteiger partial charge < -0.3 is 9.47 Å². The third kappa shape index (κ3) is 12.1. The van der Waals surface area contributed by atoms with Gasteiger partial charge in [0, 0.05) is 12.5 Å². The second-order valence-corrected chi connectivity index (χ2v) is 5.32. The molecule has 0 saturated heterocycles. The van der Waals surface area contributed by atoms with Gasteiger partial charge in [0.05, 0.1) is 18.8 Å². The first-order chi connectivity index (χ1) is 6.95. The van der Waals surface area contributed by atoms with E-state index in [4.69, 9.17) is 21.1 Å². The fourth-order valence-corrected chi connectivity index (χ4v) is 1.50. The molecule has 0 spiro atoms. The van der Waals surface area contributed by atoms with Gasteiger partial charge in [0.15, 0.2) is 0 Å². The molecule has 92 valence electrons. The summed E-state index contributed by atoms with van der Waals surface area (Å²) in [5.41, 5.74) is -0.0602. The lowest BCUT2D eigenvalue weighted by atomic mass is 10.1. The maximum absolute atomic E-state index is 5.65. The predicted octanol–water partition coefficient (Wildman–Crippen LogP) is 3.47. The number of hydrogen-bond donors (Lipinski definition) is 0. The largest absolute Gasteiger partial charge is 0.379 e. The topological polar surface area (TPSA) is 18.5 Å². The molecule has 0 N–H and O–H groups in total. The molecule has 0 aliphatic heterocycles. The molecule has 0 aromatic rings. The third-order valence-electron chi connectivity index (χ3n) is 2.12. The first-order valence-corrected chi connectivity index (χ1v) is 6.27. The molecule has 0 saturated carbocycles. The van der Waals surface area contributed by atoms with Crippen LogP contribution in [0.15, 0.2) is 0 Å². The van der Waals surface area contributed by atoms with Crippen LogP contribution in [0.4, 0.5) is 0 Å². The molecule has 0 radical (unpaired) electrons. The summed E-state index contributed by atoms with van der Waals surface area (Å²) in [6.45, 7) is 10.5. The lowest BCUT2D eigenvalue weighted by molar-refractivity contribution is -0.0360. The maximum atomic E-state index is 5.65. The predicted molar refractivity (Wildman–Crippen MR) is 65.6 cm³/mol. The van der Waals surface area contributed by atoms with Crippen LogP contribution in [-0.2, 0) is 9.47 Å². The van der Waals surface area contributed by atoms with E-state index in [0.29, 0.717) is 19.1 Å². The van der Waals surface area contributed by atoms with Gasteiger partial charge in [-0.2, -0.15) is 0 Å². The van der Waals surface area contributed by atoms with Gasteiger partial charge in [-0.15, -0.1) is 11.6 Å². The Bertz CT molecular complexity index is 143. The molecule has 0 aromatic carbocycles. The number of alkyl halides is 1. The Morgan fingerprint density at radius 3 is 2.27 bits per heavy atom. The molecular formula is C12H25ClO2. The Kier molecular flexibility index (Phi) is 8.49. The molecule has 0 fully saturated rings. The van der Waals surface area contributed by atoms with E-state index in [0.717, 1.165) is 25.3 Å². The van der Waals surface area contributed by atoms with Crippen LogP contribution in [0.25, 0.3) is 0 Å². The van der Waals surface area contributed by atoms with E-state index in [2.05, 4.69) is 27.7 Å². The molecule has 0 rings (SSSR count). The lowest BCUT2D eigenvalue weighted by Crippen LogP contribution is -2.22. The Morgan fingerprint density at radius 2 is 1.73 bits per heavy atom. The quantitative estimate of drug-likeness (QED) is 0.475.